The molecule has 2 aromatic heterocycles. The summed E-state index contributed by atoms with van der Waals surface area (Å²) in [4.78, 5) is 17.4. The fraction of sp³-hybridized carbons (Fsp3) is 0.0800. The molecule has 0 spiro atoms. The van der Waals surface area contributed by atoms with Gasteiger partial charge in [0.05, 0.1) is 17.1 Å². The van der Waals surface area contributed by atoms with Gasteiger partial charge in [0.25, 0.3) is 0 Å². The average molecular weight is 471 g/mol. The van der Waals surface area contributed by atoms with Crippen LogP contribution in [0.2, 0.25) is 0 Å². The summed E-state index contributed by atoms with van der Waals surface area (Å²) in [5.74, 6) is 1.51. The van der Waals surface area contributed by atoms with E-state index in [1.54, 1.807) is 11.8 Å². The lowest BCUT2D eigenvalue weighted by atomic mass is 10.2. The van der Waals surface area contributed by atoms with Crippen molar-refractivity contribution in [3.05, 3.63) is 78.9 Å². The van der Waals surface area contributed by atoms with Crippen molar-refractivity contribution in [1.29, 1.82) is 0 Å². The molecule has 1 aliphatic heterocycles. The van der Waals surface area contributed by atoms with Crippen molar-refractivity contribution in [3.8, 4) is 11.6 Å². The van der Waals surface area contributed by atoms with E-state index < -0.39 is 0 Å². The van der Waals surface area contributed by atoms with Gasteiger partial charge in [-0.05, 0) is 36.4 Å². The molecule has 0 bridgehead atoms. The van der Waals surface area contributed by atoms with Gasteiger partial charge in [-0.3, -0.25) is 9.69 Å². The highest BCUT2D eigenvalue weighted by atomic mass is 32.2. The first-order valence-corrected chi connectivity index (χ1v) is 12.2. The quantitative estimate of drug-likeness (QED) is 0.294. The molecule has 6 nitrogen and oxygen atoms in total. The first-order chi connectivity index (χ1) is 16.2. The topological polar surface area (TPSA) is 64.2 Å². The number of amides is 1. The molecule has 0 unspecified atom stereocenters. The Bertz CT molecular complexity index is 1430. The molecule has 0 N–H and O–H groups in total. The third kappa shape index (κ3) is 3.51. The Morgan fingerprint density at radius 3 is 2.33 bits per heavy atom. The molecule has 0 radical (unpaired) electrons. The lowest BCUT2D eigenvalue weighted by Gasteiger charge is -2.30. The summed E-state index contributed by atoms with van der Waals surface area (Å²) in [6.45, 7) is 0. The monoisotopic (exact) mass is 470 g/mol. The van der Waals surface area contributed by atoms with Crippen LogP contribution in [0, 0.1) is 0 Å². The number of anilines is 2. The molecular formula is C25H18N4O2S2. The molecule has 3 heterocycles. The minimum atomic E-state index is -0.00603. The molecule has 0 aliphatic carbocycles. The highest BCUT2D eigenvalue weighted by Crippen LogP contribution is 2.48. The summed E-state index contributed by atoms with van der Waals surface area (Å²) >= 11 is 3.06. The maximum absolute atomic E-state index is 13.4. The van der Waals surface area contributed by atoms with Gasteiger partial charge in [0.2, 0.25) is 5.91 Å². The molecule has 33 heavy (non-hydrogen) atoms. The second-order valence-corrected chi connectivity index (χ2v) is 9.60. The molecular weight excluding hydrogens is 452 g/mol. The van der Waals surface area contributed by atoms with Gasteiger partial charge in [0.15, 0.2) is 16.7 Å². The first kappa shape index (κ1) is 20.1. The van der Waals surface area contributed by atoms with E-state index in [0.717, 1.165) is 32.1 Å². The zero-order valence-corrected chi connectivity index (χ0v) is 19.3. The number of carbonyl (C=O) groups excluding carboxylic acids is 1. The van der Waals surface area contributed by atoms with Crippen molar-refractivity contribution < 1.29 is 9.21 Å². The van der Waals surface area contributed by atoms with Gasteiger partial charge in [0.1, 0.15) is 5.58 Å². The normalized spacial score (nSPS) is 12.6. The van der Waals surface area contributed by atoms with Crippen LogP contribution in [-0.4, -0.2) is 26.4 Å². The Balaban J connectivity index is 1.26. The zero-order chi connectivity index (χ0) is 22.4. The molecule has 5 aromatic rings. The Kier molecular flexibility index (Phi) is 4.96. The van der Waals surface area contributed by atoms with Crippen molar-refractivity contribution in [1.82, 2.24) is 14.8 Å². The summed E-state index contributed by atoms with van der Waals surface area (Å²) in [6, 6.07) is 25.8. The number of carbonyl (C=O) groups is 1. The van der Waals surface area contributed by atoms with Crippen molar-refractivity contribution in [2.24, 2.45) is 7.05 Å². The largest absolute Gasteiger partial charge is 0.453 e. The number of rotatable bonds is 4. The van der Waals surface area contributed by atoms with Crippen LogP contribution in [0.5, 0.6) is 0 Å². The molecule has 1 amide bonds. The van der Waals surface area contributed by atoms with Crippen LogP contribution < -0.4 is 4.90 Å². The number of furan rings is 1. The van der Waals surface area contributed by atoms with E-state index in [1.165, 1.54) is 11.8 Å². The van der Waals surface area contributed by atoms with E-state index in [-0.39, 0.29) is 11.7 Å². The highest BCUT2D eigenvalue weighted by Gasteiger charge is 2.28. The Morgan fingerprint density at radius 1 is 0.939 bits per heavy atom. The van der Waals surface area contributed by atoms with E-state index in [9.17, 15) is 4.79 Å². The number of hydrogen-bond acceptors (Lipinski definition) is 6. The summed E-state index contributed by atoms with van der Waals surface area (Å²) in [5, 5.41) is 10.3. The van der Waals surface area contributed by atoms with Crippen molar-refractivity contribution >= 4 is 51.8 Å². The SMILES string of the molecule is Cn1c(SCC(=O)N2c3ccccc3Sc3ccccc32)nnc1-c1cc2ccccc2o1. The van der Waals surface area contributed by atoms with Gasteiger partial charge < -0.3 is 8.98 Å². The van der Waals surface area contributed by atoms with E-state index in [1.807, 2.05) is 95.4 Å². The van der Waals surface area contributed by atoms with Gasteiger partial charge >= 0.3 is 0 Å². The van der Waals surface area contributed by atoms with Gasteiger partial charge in [-0.1, -0.05) is 66.0 Å². The number of fused-ring (bicyclic) bond motifs is 3. The highest BCUT2D eigenvalue weighted by molar-refractivity contribution is 8.00. The van der Waals surface area contributed by atoms with Gasteiger partial charge in [0, 0.05) is 22.2 Å². The van der Waals surface area contributed by atoms with Gasteiger partial charge in [-0.25, -0.2) is 0 Å². The molecule has 0 atom stereocenters. The summed E-state index contributed by atoms with van der Waals surface area (Å²) in [5.41, 5.74) is 2.63. The number of hydrogen-bond donors (Lipinski definition) is 0. The summed E-state index contributed by atoms with van der Waals surface area (Å²) in [7, 11) is 1.89. The smallest absolute Gasteiger partial charge is 0.242 e. The molecule has 0 fully saturated rings. The summed E-state index contributed by atoms with van der Waals surface area (Å²) < 4.78 is 7.80. The fourth-order valence-corrected chi connectivity index (χ4v) is 5.73. The Labute approximate surface area is 198 Å². The number of thioether (sulfide) groups is 1. The third-order valence-electron chi connectivity index (χ3n) is 5.49. The average Bonchev–Trinajstić information content (AvgIpc) is 3.43. The first-order valence-electron chi connectivity index (χ1n) is 10.4. The Hall–Kier alpha value is -3.49. The third-order valence-corrected chi connectivity index (χ3v) is 7.62. The second-order valence-electron chi connectivity index (χ2n) is 7.57. The molecule has 3 aromatic carbocycles. The fourth-order valence-electron chi connectivity index (χ4n) is 3.91. The second kappa shape index (κ2) is 8.13. The van der Waals surface area contributed by atoms with Crippen LogP contribution in [0.4, 0.5) is 11.4 Å². The minimum Gasteiger partial charge on any atom is -0.453 e. The van der Waals surface area contributed by atoms with Gasteiger partial charge in [-0.2, -0.15) is 0 Å². The molecule has 6 rings (SSSR count). The minimum absolute atomic E-state index is 0.00603. The molecule has 8 heteroatoms. The predicted molar refractivity (Wildman–Crippen MR) is 131 cm³/mol. The molecule has 0 saturated carbocycles. The predicted octanol–water partition coefficient (Wildman–Crippen LogP) is 6.15. The maximum atomic E-state index is 13.4. The van der Waals surface area contributed by atoms with E-state index >= 15 is 0 Å². The van der Waals surface area contributed by atoms with Crippen LogP contribution in [0.3, 0.4) is 0 Å². The lowest BCUT2D eigenvalue weighted by Crippen LogP contribution is -2.30. The molecule has 0 saturated heterocycles. The van der Waals surface area contributed by atoms with Crippen molar-refractivity contribution in [3.63, 3.8) is 0 Å². The van der Waals surface area contributed by atoms with Crippen LogP contribution in [-0.2, 0) is 11.8 Å². The van der Waals surface area contributed by atoms with Crippen LogP contribution >= 0.6 is 23.5 Å². The number of aromatic nitrogens is 3. The maximum Gasteiger partial charge on any atom is 0.242 e. The standard InChI is InChI=1S/C25H18N4O2S2/c1-28-24(20-14-16-8-2-5-11-19(16)31-20)26-27-25(28)32-15-23(30)29-17-9-3-6-12-21(17)33-22-13-7-4-10-18(22)29/h2-14H,15H2,1H3. The van der Waals surface area contributed by atoms with Crippen LogP contribution in [0.15, 0.2) is 98.2 Å². The number of benzene rings is 3. The Morgan fingerprint density at radius 2 is 1.61 bits per heavy atom. The number of para-hydroxylation sites is 3. The van der Waals surface area contributed by atoms with E-state index in [4.69, 9.17) is 4.42 Å². The van der Waals surface area contributed by atoms with Crippen molar-refractivity contribution in [2.45, 2.75) is 14.9 Å². The number of nitrogens with zero attached hydrogens (tertiary/aromatic N) is 4. The van der Waals surface area contributed by atoms with Crippen molar-refractivity contribution in [2.75, 3.05) is 10.7 Å². The van der Waals surface area contributed by atoms with Crippen LogP contribution in [0.25, 0.3) is 22.6 Å². The van der Waals surface area contributed by atoms with Gasteiger partial charge in [-0.15, -0.1) is 10.2 Å². The van der Waals surface area contributed by atoms with Crippen LogP contribution in [0.1, 0.15) is 0 Å². The lowest BCUT2D eigenvalue weighted by molar-refractivity contribution is -0.115. The zero-order valence-electron chi connectivity index (χ0n) is 17.6. The molecule has 1 aliphatic rings. The molecule has 162 valence electrons. The van der Waals surface area contributed by atoms with E-state index in [2.05, 4.69) is 10.2 Å². The summed E-state index contributed by atoms with van der Waals surface area (Å²) in [6.07, 6.45) is 0. The van der Waals surface area contributed by atoms with E-state index in [0.29, 0.717) is 16.7 Å².